The maximum Gasteiger partial charge on any atom is 0.295 e. The first kappa shape index (κ1) is 12.1. The molecule has 0 atom stereocenters. The molecule has 0 saturated heterocycles. The van der Waals surface area contributed by atoms with Crippen molar-refractivity contribution in [2.24, 2.45) is 0 Å². The highest BCUT2D eigenvalue weighted by molar-refractivity contribution is 6.01. The third-order valence-electron chi connectivity index (χ3n) is 2.06. The number of aromatic amines is 1. The highest BCUT2D eigenvalue weighted by Crippen LogP contribution is 2.18. The molecule has 8 heteroatoms. The summed E-state index contributed by atoms with van der Waals surface area (Å²) in [5.74, 6) is -4.35. The number of halogens is 3. The van der Waals surface area contributed by atoms with Crippen molar-refractivity contribution in [3.8, 4) is 0 Å². The fraction of sp³-hybridized carbons (Fsp3) is 0.100. The first-order valence-electron chi connectivity index (χ1n) is 4.82. The van der Waals surface area contributed by atoms with Crippen LogP contribution in [-0.2, 0) is 0 Å². The fourth-order valence-electron chi connectivity index (χ4n) is 1.24. The number of hydrogen-bond donors (Lipinski definition) is 2. The lowest BCUT2D eigenvalue weighted by molar-refractivity contribution is 0.101. The summed E-state index contributed by atoms with van der Waals surface area (Å²) >= 11 is 0. The smallest absolute Gasteiger partial charge is 0.295 e. The van der Waals surface area contributed by atoms with Crippen molar-refractivity contribution in [2.45, 2.75) is 6.92 Å². The van der Waals surface area contributed by atoms with Crippen molar-refractivity contribution in [3.63, 3.8) is 0 Å². The average Bonchev–Trinajstić information content (AvgIpc) is 2.73. The van der Waals surface area contributed by atoms with Gasteiger partial charge in [0.05, 0.1) is 5.69 Å². The highest BCUT2D eigenvalue weighted by atomic mass is 19.2. The van der Waals surface area contributed by atoms with E-state index in [-0.39, 0.29) is 5.82 Å². The minimum absolute atomic E-state index is 0.225. The second-order valence-corrected chi connectivity index (χ2v) is 3.44. The molecule has 0 radical (unpaired) electrons. The molecule has 0 aliphatic rings. The van der Waals surface area contributed by atoms with Crippen LogP contribution in [-0.4, -0.2) is 21.1 Å². The van der Waals surface area contributed by atoms with E-state index in [0.29, 0.717) is 18.0 Å². The molecule has 1 amide bonds. The Bertz CT molecular complexity index is 611. The number of rotatable bonds is 2. The topological polar surface area (TPSA) is 70.7 Å². The number of carbonyl (C=O) groups excluding carboxylic acids is 1. The zero-order valence-electron chi connectivity index (χ0n) is 9.09. The predicted molar refractivity (Wildman–Crippen MR) is 55.4 cm³/mol. The third kappa shape index (κ3) is 2.31. The summed E-state index contributed by atoms with van der Waals surface area (Å²) in [6, 6.07) is 0.885. The Balaban J connectivity index is 2.24. The summed E-state index contributed by atoms with van der Waals surface area (Å²) in [6.07, 6.45) is 0. The van der Waals surface area contributed by atoms with Gasteiger partial charge in [0.15, 0.2) is 11.6 Å². The summed E-state index contributed by atoms with van der Waals surface area (Å²) in [7, 11) is 0. The molecular weight excluding hydrogens is 249 g/mol. The van der Waals surface area contributed by atoms with Gasteiger partial charge in [-0.05, 0) is 6.92 Å². The number of aromatic nitrogens is 3. The zero-order chi connectivity index (χ0) is 13.3. The van der Waals surface area contributed by atoms with E-state index < -0.39 is 29.0 Å². The molecule has 2 rings (SSSR count). The normalized spacial score (nSPS) is 10.4. The molecule has 0 spiro atoms. The van der Waals surface area contributed by atoms with Gasteiger partial charge in [-0.2, -0.15) is 0 Å². The van der Waals surface area contributed by atoms with E-state index in [1.54, 1.807) is 6.92 Å². The van der Waals surface area contributed by atoms with Crippen LogP contribution in [0.15, 0.2) is 12.1 Å². The number of H-pyrrole nitrogens is 1. The lowest BCUT2D eigenvalue weighted by Crippen LogP contribution is -2.15. The van der Waals surface area contributed by atoms with Gasteiger partial charge >= 0.3 is 0 Å². The fourth-order valence-corrected chi connectivity index (χ4v) is 1.24. The number of hydrogen-bond acceptors (Lipinski definition) is 3. The van der Waals surface area contributed by atoms with Crippen LogP contribution in [0.1, 0.15) is 16.4 Å². The zero-order valence-corrected chi connectivity index (χ0v) is 9.09. The second kappa shape index (κ2) is 4.47. The molecule has 0 aliphatic carbocycles. The minimum atomic E-state index is -1.33. The Morgan fingerprint density at radius 3 is 2.50 bits per heavy atom. The number of amides is 1. The second-order valence-electron chi connectivity index (χ2n) is 3.44. The predicted octanol–water partition coefficient (Wildman–Crippen LogP) is 1.78. The SMILES string of the molecule is Cc1nc(C(=O)Nc2cc(F)c(F)cc2F)n[nH]1. The summed E-state index contributed by atoms with van der Waals surface area (Å²) in [6.45, 7) is 1.57. The molecular formula is C10H7F3N4O. The number of carbonyl (C=O) groups is 1. The van der Waals surface area contributed by atoms with E-state index in [0.717, 1.165) is 0 Å². The molecule has 1 aromatic heterocycles. The molecule has 5 nitrogen and oxygen atoms in total. The molecule has 94 valence electrons. The monoisotopic (exact) mass is 256 g/mol. The van der Waals surface area contributed by atoms with Crippen LogP contribution in [0.5, 0.6) is 0 Å². The van der Waals surface area contributed by atoms with E-state index >= 15 is 0 Å². The number of anilines is 1. The van der Waals surface area contributed by atoms with Gasteiger partial charge in [-0.3, -0.25) is 9.89 Å². The largest absolute Gasteiger partial charge is 0.317 e. The molecule has 0 fully saturated rings. The van der Waals surface area contributed by atoms with Crippen LogP contribution >= 0.6 is 0 Å². The van der Waals surface area contributed by atoms with Crippen molar-refractivity contribution in [3.05, 3.63) is 41.2 Å². The van der Waals surface area contributed by atoms with Crippen LogP contribution < -0.4 is 5.32 Å². The van der Waals surface area contributed by atoms with Crippen LogP contribution in [0.3, 0.4) is 0 Å². The van der Waals surface area contributed by atoms with Crippen molar-refractivity contribution in [1.29, 1.82) is 0 Å². The number of benzene rings is 1. The maximum absolute atomic E-state index is 13.2. The average molecular weight is 256 g/mol. The quantitative estimate of drug-likeness (QED) is 0.804. The first-order valence-corrected chi connectivity index (χ1v) is 4.82. The minimum Gasteiger partial charge on any atom is -0.317 e. The molecule has 1 heterocycles. The Labute approximate surface area is 99.0 Å². The lowest BCUT2D eigenvalue weighted by Gasteiger charge is -2.04. The van der Waals surface area contributed by atoms with E-state index in [1.807, 2.05) is 5.32 Å². The van der Waals surface area contributed by atoms with Gasteiger partial charge < -0.3 is 5.32 Å². The van der Waals surface area contributed by atoms with Crippen LogP contribution in [0.4, 0.5) is 18.9 Å². The summed E-state index contributed by atoms with van der Waals surface area (Å²) in [4.78, 5) is 15.2. The van der Waals surface area contributed by atoms with Gasteiger partial charge in [-0.25, -0.2) is 18.2 Å². The van der Waals surface area contributed by atoms with Gasteiger partial charge in [-0.15, -0.1) is 5.10 Å². The molecule has 1 aromatic carbocycles. The van der Waals surface area contributed by atoms with Gasteiger partial charge in [0.25, 0.3) is 5.91 Å². The van der Waals surface area contributed by atoms with Gasteiger partial charge in [0.1, 0.15) is 11.6 Å². The van der Waals surface area contributed by atoms with Crippen LogP contribution in [0.25, 0.3) is 0 Å². The van der Waals surface area contributed by atoms with Gasteiger partial charge in [0.2, 0.25) is 5.82 Å². The van der Waals surface area contributed by atoms with E-state index in [2.05, 4.69) is 15.2 Å². The Kier molecular flexibility index (Phi) is 3.00. The van der Waals surface area contributed by atoms with Crippen molar-refractivity contribution < 1.29 is 18.0 Å². The number of nitrogens with one attached hydrogen (secondary N) is 2. The van der Waals surface area contributed by atoms with Gasteiger partial charge in [-0.1, -0.05) is 0 Å². The Morgan fingerprint density at radius 1 is 1.22 bits per heavy atom. The Morgan fingerprint density at radius 2 is 1.89 bits per heavy atom. The molecule has 0 aliphatic heterocycles. The van der Waals surface area contributed by atoms with Crippen molar-refractivity contribution >= 4 is 11.6 Å². The van der Waals surface area contributed by atoms with E-state index in [4.69, 9.17) is 0 Å². The van der Waals surface area contributed by atoms with Gasteiger partial charge in [0, 0.05) is 12.1 Å². The van der Waals surface area contributed by atoms with Crippen molar-refractivity contribution in [1.82, 2.24) is 15.2 Å². The molecule has 2 N–H and O–H groups in total. The molecule has 0 saturated carbocycles. The molecule has 2 aromatic rings. The third-order valence-corrected chi connectivity index (χ3v) is 2.06. The molecule has 18 heavy (non-hydrogen) atoms. The maximum atomic E-state index is 13.2. The molecule has 0 bridgehead atoms. The van der Waals surface area contributed by atoms with Crippen LogP contribution in [0.2, 0.25) is 0 Å². The highest BCUT2D eigenvalue weighted by Gasteiger charge is 2.16. The summed E-state index contributed by atoms with van der Waals surface area (Å²) in [5.41, 5.74) is -0.485. The van der Waals surface area contributed by atoms with Crippen LogP contribution in [0, 0.1) is 24.4 Å². The first-order chi connectivity index (χ1) is 8.47. The van der Waals surface area contributed by atoms with E-state index in [1.165, 1.54) is 0 Å². The lowest BCUT2D eigenvalue weighted by atomic mass is 10.3. The number of nitrogens with zero attached hydrogens (tertiary/aromatic N) is 2. The van der Waals surface area contributed by atoms with Crippen molar-refractivity contribution in [2.75, 3.05) is 5.32 Å². The summed E-state index contributed by atoms with van der Waals surface area (Å²) < 4.78 is 38.8. The van der Waals surface area contributed by atoms with E-state index in [9.17, 15) is 18.0 Å². The summed E-state index contributed by atoms with van der Waals surface area (Å²) in [5, 5.41) is 8.01. The number of aryl methyl sites for hydroxylation is 1. The Hall–Kier alpha value is -2.38. The standard InChI is InChI=1S/C10H7F3N4O/c1-4-14-9(17-16-4)10(18)15-8-3-6(12)5(11)2-7(8)13/h2-3H,1H3,(H,15,18)(H,14,16,17). The molecule has 0 unspecified atom stereocenters.